The minimum Gasteiger partial charge on any atom is -0.388 e. The van der Waals surface area contributed by atoms with Gasteiger partial charge in [0, 0.05) is 6.54 Å². The number of carbonyl (C=O) groups excluding carboxylic acids is 1. The second-order valence-electron chi connectivity index (χ2n) is 4.97. The molecule has 1 unspecified atom stereocenters. The lowest BCUT2D eigenvalue weighted by Crippen LogP contribution is -2.50. The van der Waals surface area contributed by atoms with Crippen molar-refractivity contribution in [2.24, 2.45) is 0 Å². The third-order valence-corrected chi connectivity index (χ3v) is 3.06. The summed E-state index contributed by atoms with van der Waals surface area (Å²) in [6.07, 6.45) is 4.80. The van der Waals surface area contributed by atoms with E-state index in [9.17, 15) is 9.90 Å². The van der Waals surface area contributed by atoms with Gasteiger partial charge in [-0.05, 0) is 32.7 Å². The van der Waals surface area contributed by atoms with E-state index in [0.717, 1.165) is 32.2 Å². The summed E-state index contributed by atoms with van der Waals surface area (Å²) in [5.74, 6) is 0.0241. The van der Waals surface area contributed by atoms with E-state index >= 15 is 0 Å². The molecule has 0 radical (unpaired) electrons. The Morgan fingerprint density at radius 3 is 2.88 bits per heavy atom. The molecule has 1 fully saturated rings. The molecule has 0 aromatic carbocycles. The van der Waals surface area contributed by atoms with Crippen LogP contribution in [0.15, 0.2) is 0 Å². The molecule has 4 nitrogen and oxygen atoms in total. The summed E-state index contributed by atoms with van der Waals surface area (Å²) in [6.45, 7) is 5.06. The van der Waals surface area contributed by atoms with Crippen molar-refractivity contribution in [3.05, 3.63) is 0 Å². The second kappa shape index (κ2) is 6.21. The Labute approximate surface area is 97.8 Å². The number of aliphatic hydroxyl groups is 1. The minimum atomic E-state index is -0.779. The van der Waals surface area contributed by atoms with Crippen LogP contribution in [0.3, 0.4) is 0 Å². The average molecular weight is 228 g/mol. The van der Waals surface area contributed by atoms with E-state index in [1.165, 1.54) is 0 Å². The number of rotatable bonds is 5. The third kappa shape index (κ3) is 4.49. The molecule has 1 saturated heterocycles. The van der Waals surface area contributed by atoms with Crippen molar-refractivity contribution in [2.75, 3.05) is 13.1 Å². The van der Waals surface area contributed by atoms with Crippen molar-refractivity contribution >= 4 is 5.91 Å². The summed E-state index contributed by atoms with van der Waals surface area (Å²) in [4.78, 5) is 11.8. The van der Waals surface area contributed by atoms with Crippen molar-refractivity contribution in [3.63, 3.8) is 0 Å². The van der Waals surface area contributed by atoms with Gasteiger partial charge in [-0.25, -0.2) is 0 Å². The Hall–Kier alpha value is -0.610. The highest BCUT2D eigenvalue weighted by atomic mass is 16.3. The molecular weight excluding hydrogens is 204 g/mol. The van der Waals surface area contributed by atoms with Gasteiger partial charge in [-0.2, -0.15) is 0 Å². The van der Waals surface area contributed by atoms with Gasteiger partial charge in [0.15, 0.2) is 0 Å². The molecule has 3 N–H and O–H groups in total. The molecule has 0 saturated carbocycles. The van der Waals surface area contributed by atoms with Crippen LogP contribution in [0.5, 0.6) is 0 Å². The Morgan fingerprint density at radius 2 is 2.31 bits per heavy atom. The van der Waals surface area contributed by atoms with Crippen LogP contribution in [0.25, 0.3) is 0 Å². The first-order valence-electron chi connectivity index (χ1n) is 6.28. The van der Waals surface area contributed by atoms with E-state index in [-0.39, 0.29) is 11.9 Å². The van der Waals surface area contributed by atoms with Gasteiger partial charge in [0.25, 0.3) is 0 Å². The largest absolute Gasteiger partial charge is 0.388 e. The number of nitrogens with one attached hydrogen (secondary N) is 2. The molecule has 4 heteroatoms. The number of carbonyl (C=O) groups is 1. The Kier molecular flexibility index (Phi) is 5.22. The van der Waals surface area contributed by atoms with Gasteiger partial charge < -0.3 is 15.7 Å². The zero-order chi connectivity index (χ0) is 12.0. The van der Waals surface area contributed by atoms with E-state index in [0.29, 0.717) is 13.0 Å². The van der Waals surface area contributed by atoms with Gasteiger partial charge in [-0.1, -0.05) is 19.8 Å². The Morgan fingerprint density at radius 1 is 1.56 bits per heavy atom. The molecule has 0 bridgehead atoms. The van der Waals surface area contributed by atoms with Crippen LogP contribution in [0.4, 0.5) is 0 Å². The standard InChI is InChI=1S/C12H24N2O2/c1-3-7-12(2,16)9-14-11(15)10-6-4-5-8-13-10/h10,13,16H,3-9H2,1-2H3,(H,14,15)/t10-,12?/m0/s1. The zero-order valence-electron chi connectivity index (χ0n) is 10.4. The van der Waals surface area contributed by atoms with Crippen LogP contribution in [0.2, 0.25) is 0 Å². The van der Waals surface area contributed by atoms with Crippen LogP contribution in [-0.2, 0) is 4.79 Å². The lowest BCUT2D eigenvalue weighted by molar-refractivity contribution is -0.124. The molecule has 0 aromatic rings. The zero-order valence-corrected chi connectivity index (χ0v) is 10.4. The topological polar surface area (TPSA) is 61.4 Å². The van der Waals surface area contributed by atoms with E-state index in [2.05, 4.69) is 10.6 Å². The maximum atomic E-state index is 11.8. The molecule has 0 spiro atoms. The average Bonchev–Trinajstić information content (AvgIpc) is 2.27. The van der Waals surface area contributed by atoms with Gasteiger partial charge in [0.2, 0.25) is 5.91 Å². The summed E-state index contributed by atoms with van der Waals surface area (Å²) in [6, 6.07) is -0.0637. The molecule has 1 amide bonds. The number of hydrogen-bond donors (Lipinski definition) is 3. The maximum absolute atomic E-state index is 11.8. The van der Waals surface area contributed by atoms with Crippen molar-refractivity contribution in [1.82, 2.24) is 10.6 Å². The lowest BCUT2D eigenvalue weighted by Gasteiger charge is -2.26. The maximum Gasteiger partial charge on any atom is 0.237 e. The van der Waals surface area contributed by atoms with Crippen LogP contribution < -0.4 is 10.6 Å². The van der Waals surface area contributed by atoms with Crippen LogP contribution in [0.1, 0.15) is 46.0 Å². The Bertz CT molecular complexity index is 223. The Balaban J connectivity index is 2.28. The highest BCUT2D eigenvalue weighted by molar-refractivity contribution is 5.81. The van der Waals surface area contributed by atoms with Gasteiger partial charge in [-0.15, -0.1) is 0 Å². The van der Waals surface area contributed by atoms with Gasteiger partial charge in [-0.3, -0.25) is 4.79 Å². The van der Waals surface area contributed by atoms with E-state index in [4.69, 9.17) is 0 Å². The quantitative estimate of drug-likeness (QED) is 0.652. The van der Waals surface area contributed by atoms with Crippen molar-refractivity contribution < 1.29 is 9.90 Å². The summed E-state index contributed by atoms with van der Waals surface area (Å²) >= 11 is 0. The van der Waals surface area contributed by atoms with Crippen LogP contribution >= 0.6 is 0 Å². The second-order valence-corrected chi connectivity index (χ2v) is 4.97. The summed E-state index contributed by atoms with van der Waals surface area (Å²) in [7, 11) is 0. The van der Waals surface area contributed by atoms with Crippen molar-refractivity contribution in [2.45, 2.75) is 57.6 Å². The highest BCUT2D eigenvalue weighted by Gasteiger charge is 2.24. The monoisotopic (exact) mass is 228 g/mol. The van der Waals surface area contributed by atoms with E-state index < -0.39 is 5.60 Å². The van der Waals surface area contributed by atoms with Gasteiger partial charge >= 0.3 is 0 Å². The fraction of sp³-hybridized carbons (Fsp3) is 0.917. The molecular formula is C12H24N2O2. The molecule has 16 heavy (non-hydrogen) atoms. The first-order valence-corrected chi connectivity index (χ1v) is 6.28. The molecule has 0 aromatic heterocycles. The molecule has 2 atom stereocenters. The minimum absolute atomic E-state index is 0.0241. The molecule has 0 aliphatic carbocycles. The normalized spacial score (nSPS) is 24.8. The predicted molar refractivity (Wildman–Crippen MR) is 64.2 cm³/mol. The smallest absolute Gasteiger partial charge is 0.237 e. The molecule has 1 aliphatic heterocycles. The number of piperidine rings is 1. The SMILES string of the molecule is CCCC(C)(O)CNC(=O)[C@@H]1CCCCN1. The summed E-state index contributed by atoms with van der Waals surface area (Å²) in [5.41, 5.74) is -0.779. The molecule has 1 rings (SSSR count). The third-order valence-electron chi connectivity index (χ3n) is 3.06. The van der Waals surface area contributed by atoms with Crippen LogP contribution in [-0.4, -0.2) is 35.7 Å². The first-order chi connectivity index (χ1) is 7.55. The van der Waals surface area contributed by atoms with Crippen molar-refractivity contribution in [1.29, 1.82) is 0 Å². The highest BCUT2D eigenvalue weighted by Crippen LogP contribution is 2.11. The predicted octanol–water partition coefficient (Wildman–Crippen LogP) is 0.796. The fourth-order valence-electron chi connectivity index (χ4n) is 2.10. The van der Waals surface area contributed by atoms with E-state index in [1.807, 2.05) is 6.92 Å². The number of hydrogen-bond acceptors (Lipinski definition) is 3. The fourth-order valence-corrected chi connectivity index (χ4v) is 2.10. The first kappa shape index (κ1) is 13.5. The van der Waals surface area contributed by atoms with Gasteiger partial charge in [0.1, 0.15) is 0 Å². The summed E-state index contributed by atoms with van der Waals surface area (Å²) in [5, 5.41) is 15.9. The molecule has 1 heterocycles. The lowest BCUT2D eigenvalue weighted by atomic mass is 10.00. The van der Waals surface area contributed by atoms with Crippen molar-refractivity contribution in [3.8, 4) is 0 Å². The number of amides is 1. The van der Waals surface area contributed by atoms with Crippen LogP contribution in [0, 0.1) is 0 Å². The van der Waals surface area contributed by atoms with Gasteiger partial charge in [0.05, 0.1) is 11.6 Å². The summed E-state index contributed by atoms with van der Waals surface area (Å²) < 4.78 is 0. The van der Waals surface area contributed by atoms with E-state index in [1.54, 1.807) is 6.92 Å². The molecule has 1 aliphatic rings. The molecule has 94 valence electrons.